The highest BCUT2D eigenvalue weighted by Crippen LogP contribution is 2.25. The predicted molar refractivity (Wildman–Crippen MR) is 115 cm³/mol. The first-order valence-corrected chi connectivity index (χ1v) is 12.9. The molecule has 162 valence electrons. The first-order valence-electron chi connectivity index (χ1n) is 9.14. The third-order valence-corrected chi connectivity index (χ3v) is 8.25. The molecule has 11 heteroatoms. The van der Waals surface area contributed by atoms with E-state index < -0.39 is 19.9 Å². The van der Waals surface area contributed by atoms with Crippen molar-refractivity contribution < 1.29 is 21.6 Å². The van der Waals surface area contributed by atoms with Gasteiger partial charge < -0.3 is 5.32 Å². The summed E-state index contributed by atoms with van der Waals surface area (Å²) in [6.07, 6.45) is 1.12. The number of sulfonamides is 1. The number of rotatable bonds is 6. The number of hydrogen-bond donors (Lipinski definition) is 1. The summed E-state index contributed by atoms with van der Waals surface area (Å²) in [7, 11) is -6.98. The molecule has 0 spiro atoms. The highest BCUT2D eigenvalue weighted by Gasteiger charge is 2.30. The smallest absolute Gasteiger partial charge is 0.244 e. The maximum atomic E-state index is 12.8. The van der Waals surface area contributed by atoms with E-state index in [1.54, 1.807) is 12.1 Å². The van der Waals surface area contributed by atoms with E-state index in [0.717, 1.165) is 6.26 Å². The van der Waals surface area contributed by atoms with Gasteiger partial charge in [-0.3, -0.25) is 9.69 Å². The molecule has 8 nitrogen and oxygen atoms in total. The minimum Gasteiger partial charge on any atom is -0.325 e. The van der Waals surface area contributed by atoms with Crippen LogP contribution >= 0.6 is 11.6 Å². The average Bonchev–Trinajstić information content (AvgIpc) is 2.68. The van der Waals surface area contributed by atoms with Crippen LogP contribution in [0, 0.1) is 0 Å². The fraction of sp³-hybridized carbons (Fsp3) is 0.316. The number of anilines is 1. The summed E-state index contributed by atoms with van der Waals surface area (Å²) in [6.45, 7) is 1.43. The van der Waals surface area contributed by atoms with Gasteiger partial charge in [-0.25, -0.2) is 16.8 Å². The van der Waals surface area contributed by atoms with Crippen LogP contribution in [0.5, 0.6) is 0 Å². The molecular formula is C19H22ClN3O5S2. The Bertz CT molecular complexity index is 1130. The fourth-order valence-electron chi connectivity index (χ4n) is 3.11. The second-order valence-electron chi connectivity index (χ2n) is 6.96. The van der Waals surface area contributed by atoms with Gasteiger partial charge >= 0.3 is 0 Å². The molecule has 0 aliphatic carbocycles. The van der Waals surface area contributed by atoms with Crippen LogP contribution in [0.1, 0.15) is 0 Å². The average molecular weight is 472 g/mol. The van der Waals surface area contributed by atoms with Gasteiger partial charge in [0.15, 0.2) is 9.84 Å². The highest BCUT2D eigenvalue weighted by atomic mass is 35.5. The van der Waals surface area contributed by atoms with Crippen molar-refractivity contribution in [2.75, 3.05) is 44.3 Å². The lowest BCUT2D eigenvalue weighted by Gasteiger charge is -2.33. The molecule has 2 aromatic rings. The van der Waals surface area contributed by atoms with E-state index in [1.165, 1.54) is 40.7 Å². The van der Waals surface area contributed by atoms with Crippen LogP contribution in [-0.4, -0.2) is 70.9 Å². The Kier molecular flexibility index (Phi) is 6.83. The van der Waals surface area contributed by atoms with Crippen LogP contribution < -0.4 is 5.32 Å². The Morgan fingerprint density at radius 2 is 1.57 bits per heavy atom. The molecule has 0 aromatic heterocycles. The van der Waals surface area contributed by atoms with Gasteiger partial charge in [0, 0.05) is 38.1 Å². The fourth-order valence-corrected chi connectivity index (χ4v) is 5.66. The van der Waals surface area contributed by atoms with Gasteiger partial charge in [0.1, 0.15) is 4.90 Å². The molecule has 1 N–H and O–H groups in total. The summed E-state index contributed by atoms with van der Waals surface area (Å²) < 4.78 is 49.9. The van der Waals surface area contributed by atoms with Crippen LogP contribution in [0.3, 0.4) is 0 Å². The summed E-state index contributed by atoms with van der Waals surface area (Å²) >= 11 is 6.03. The summed E-state index contributed by atoms with van der Waals surface area (Å²) in [4.78, 5) is 14.4. The van der Waals surface area contributed by atoms with Crippen molar-refractivity contribution in [3.63, 3.8) is 0 Å². The van der Waals surface area contributed by atoms with Crippen molar-refractivity contribution >= 4 is 43.1 Å². The molecule has 0 saturated carbocycles. The van der Waals surface area contributed by atoms with E-state index in [4.69, 9.17) is 11.6 Å². The number of sulfone groups is 1. The Balaban J connectivity index is 1.54. The standard InChI is InChI=1S/C19H22ClN3O5S2/c1-29(25,26)16-8-6-15(7-9-16)21-19(24)14-22-10-12-23(13-11-22)30(27,28)18-5-3-2-4-17(18)20/h2-9H,10-14H2,1H3,(H,21,24). The molecule has 1 aliphatic rings. The van der Waals surface area contributed by atoms with Crippen LogP contribution in [0.4, 0.5) is 5.69 Å². The molecule has 1 amide bonds. The largest absolute Gasteiger partial charge is 0.325 e. The summed E-state index contributed by atoms with van der Waals surface area (Å²) in [6, 6.07) is 12.2. The van der Waals surface area contributed by atoms with Crippen LogP contribution in [-0.2, 0) is 24.7 Å². The molecule has 30 heavy (non-hydrogen) atoms. The van der Waals surface area contributed by atoms with Gasteiger partial charge in [0.25, 0.3) is 0 Å². The van der Waals surface area contributed by atoms with Gasteiger partial charge in [-0.1, -0.05) is 23.7 Å². The van der Waals surface area contributed by atoms with Gasteiger partial charge in [-0.05, 0) is 36.4 Å². The molecule has 1 fully saturated rings. The van der Waals surface area contributed by atoms with Gasteiger partial charge in [0.2, 0.25) is 15.9 Å². The minimum absolute atomic E-state index is 0.0791. The van der Waals surface area contributed by atoms with Crippen molar-refractivity contribution in [1.82, 2.24) is 9.21 Å². The van der Waals surface area contributed by atoms with E-state index in [2.05, 4.69) is 5.32 Å². The third-order valence-electron chi connectivity index (χ3n) is 4.72. The van der Waals surface area contributed by atoms with Crippen molar-refractivity contribution in [3.8, 4) is 0 Å². The maximum Gasteiger partial charge on any atom is 0.244 e. The molecule has 0 radical (unpaired) electrons. The van der Waals surface area contributed by atoms with E-state index in [1.807, 2.05) is 4.90 Å². The topological polar surface area (TPSA) is 104 Å². The van der Waals surface area contributed by atoms with Crippen LogP contribution in [0.2, 0.25) is 5.02 Å². The molecular weight excluding hydrogens is 450 g/mol. The number of nitrogens with one attached hydrogen (secondary N) is 1. The lowest BCUT2D eigenvalue weighted by molar-refractivity contribution is -0.117. The van der Waals surface area contributed by atoms with E-state index in [9.17, 15) is 21.6 Å². The zero-order valence-electron chi connectivity index (χ0n) is 16.3. The van der Waals surface area contributed by atoms with E-state index in [0.29, 0.717) is 18.8 Å². The zero-order chi connectivity index (χ0) is 21.9. The molecule has 2 aromatic carbocycles. The number of hydrogen-bond acceptors (Lipinski definition) is 6. The Morgan fingerprint density at radius 1 is 0.967 bits per heavy atom. The lowest BCUT2D eigenvalue weighted by Crippen LogP contribution is -2.50. The number of nitrogens with zero attached hydrogens (tertiary/aromatic N) is 2. The van der Waals surface area contributed by atoms with Gasteiger partial charge in [-0.15, -0.1) is 0 Å². The van der Waals surface area contributed by atoms with Crippen LogP contribution in [0.25, 0.3) is 0 Å². The first-order chi connectivity index (χ1) is 14.1. The summed E-state index contributed by atoms with van der Waals surface area (Å²) in [5.41, 5.74) is 0.493. The van der Waals surface area contributed by atoms with E-state index >= 15 is 0 Å². The molecule has 0 bridgehead atoms. The minimum atomic E-state index is -3.68. The molecule has 0 unspecified atom stereocenters. The van der Waals surface area contributed by atoms with Gasteiger partial charge in [0.05, 0.1) is 16.5 Å². The molecule has 1 heterocycles. The number of amides is 1. The van der Waals surface area contributed by atoms with Gasteiger partial charge in [-0.2, -0.15) is 4.31 Å². The second kappa shape index (κ2) is 9.03. The number of piperazine rings is 1. The zero-order valence-corrected chi connectivity index (χ0v) is 18.7. The van der Waals surface area contributed by atoms with Crippen molar-refractivity contribution in [2.24, 2.45) is 0 Å². The molecule has 1 aliphatic heterocycles. The van der Waals surface area contributed by atoms with Crippen molar-refractivity contribution in [3.05, 3.63) is 53.6 Å². The maximum absolute atomic E-state index is 12.8. The van der Waals surface area contributed by atoms with Crippen LogP contribution in [0.15, 0.2) is 58.3 Å². The third kappa shape index (κ3) is 5.38. The number of benzene rings is 2. The lowest BCUT2D eigenvalue weighted by atomic mass is 10.3. The Morgan fingerprint density at radius 3 is 2.13 bits per heavy atom. The Hall–Kier alpha value is -1.98. The quantitative estimate of drug-likeness (QED) is 0.687. The second-order valence-corrected chi connectivity index (χ2v) is 11.3. The van der Waals surface area contributed by atoms with E-state index in [-0.39, 0.29) is 40.4 Å². The predicted octanol–water partition coefficient (Wildman–Crippen LogP) is 1.69. The normalized spacial score (nSPS) is 16.3. The summed E-state index contributed by atoms with van der Waals surface area (Å²) in [5, 5.41) is 2.90. The number of carbonyl (C=O) groups excluding carboxylic acids is 1. The molecule has 3 rings (SSSR count). The molecule has 1 saturated heterocycles. The number of carbonyl (C=O) groups is 1. The molecule has 0 atom stereocenters. The monoisotopic (exact) mass is 471 g/mol. The first kappa shape index (κ1) is 22.7. The summed E-state index contributed by atoms with van der Waals surface area (Å²) in [5.74, 6) is -0.260. The van der Waals surface area contributed by atoms with Crippen molar-refractivity contribution in [1.29, 1.82) is 0 Å². The van der Waals surface area contributed by atoms with Crippen molar-refractivity contribution in [2.45, 2.75) is 9.79 Å². The highest BCUT2D eigenvalue weighted by molar-refractivity contribution is 7.90. The number of halogens is 1. The SMILES string of the molecule is CS(=O)(=O)c1ccc(NC(=O)CN2CCN(S(=O)(=O)c3ccccc3Cl)CC2)cc1. The Labute approximate surface area is 181 Å².